The maximum Gasteiger partial charge on any atom is 0.193 e. The standard InChI is InChI=1S/C17H11ClO4/c18-12-3-1-2-10-14(20)8-16(22-17(10)12)11-7-15-9(4-5-21-15)6-13(11)19/h1-3,6-8,19H,4-5H2. The zero-order valence-corrected chi connectivity index (χ0v) is 12.2. The molecule has 1 N–H and O–H groups in total. The predicted octanol–water partition coefficient (Wildman–Crippen LogP) is 3.75. The van der Waals surface area contributed by atoms with E-state index in [0.717, 1.165) is 12.0 Å². The lowest BCUT2D eigenvalue weighted by atomic mass is 10.1. The largest absolute Gasteiger partial charge is 0.507 e. The molecule has 1 aromatic heterocycles. The number of ether oxygens (including phenoxy) is 1. The fourth-order valence-electron chi connectivity index (χ4n) is 2.69. The van der Waals surface area contributed by atoms with Gasteiger partial charge in [0.2, 0.25) is 0 Å². The maximum atomic E-state index is 12.2. The van der Waals surface area contributed by atoms with E-state index in [1.54, 1.807) is 30.3 Å². The molecule has 110 valence electrons. The van der Waals surface area contributed by atoms with Crippen LogP contribution in [0.3, 0.4) is 0 Å². The Labute approximate surface area is 130 Å². The lowest BCUT2D eigenvalue weighted by molar-refractivity contribution is 0.356. The smallest absolute Gasteiger partial charge is 0.193 e. The van der Waals surface area contributed by atoms with Gasteiger partial charge in [-0.3, -0.25) is 4.79 Å². The highest BCUT2D eigenvalue weighted by atomic mass is 35.5. The first-order valence-corrected chi connectivity index (χ1v) is 7.23. The molecule has 0 bridgehead atoms. The normalized spacial score (nSPS) is 13.1. The molecule has 0 amide bonds. The van der Waals surface area contributed by atoms with E-state index in [-0.39, 0.29) is 16.9 Å². The molecule has 4 nitrogen and oxygen atoms in total. The molecule has 0 saturated carbocycles. The monoisotopic (exact) mass is 314 g/mol. The van der Waals surface area contributed by atoms with Crippen molar-refractivity contribution >= 4 is 22.6 Å². The minimum Gasteiger partial charge on any atom is -0.507 e. The number of hydrogen-bond donors (Lipinski definition) is 1. The lowest BCUT2D eigenvalue weighted by Crippen LogP contribution is -2.00. The molecule has 22 heavy (non-hydrogen) atoms. The van der Waals surface area contributed by atoms with Crippen molar-refractivity contribution in [1.82, 2.24) is 0 Å². The molecule has 5 heteroatoms. The molecule has 2 heterocycles. The predicted molar refractivity (Wildman–Crippen MR) is 83.8 cm³/mol. The molecule has 0 radical (unpaired) electrons. The summed E-state index contributed by atoms with van der Waals surface area (Å²) in [4.78, 5) is 12.2. The Kier molecular flexibility index (Phi) is 2.87. The van der Waals surface area contributed by atoms with E-state index in [0.29, 0.717) is 33.9 Å². The zero-order valence-electron chi connectivity index (χ0n) is 11.4. The third-order valence-electron chi connectivity index (χ3n) is 3.78. The molecule has 3 aromatic rings. The van der Waals surface area contributed by atoms with Crippen LogP contribution in [0.1, 0.15) is 5.56 Å². The van der Waals surface area contributed by atoms with Crippen LogP contribution < -0.4 is 10.2 Å². The Balaban J connectivity index is 1.99. The van der Waals surface area contributed by atoms with Crippen LogP contribution in [-0.2, 0) is 6.42 Å². The molecule has 0 saturated heterocycles. The van der Waals surface area contributed by atoms with Crippen LogP contribution in [0.15, 0.2) is 45.6 Å². The van der Waals surface area contributed by atoms with Crippen molar-refractivity contribution in [1.29, 1.82) is 0 Å². The minimum atomic E-state index is -0.209. The summed E-state index contributed by atoms with van der Waals surface area (Å²) >= 11 is 6.10. The van der Waals surface area contributed by atoms with Crippen molar-refractivity contribution in [3.05, 3.63) is 57.2 Å². The number of aromatic hydroxyl groups is 1. The molecule has 4 rings (SSSR count). The second-order valence-corrected chi connectivity index (χ2v) is 5.57. The van der Waals surface area contributed by atoms with Crippen molar-refractivity contribution < 1.29 is 14.3 Å². The third-order valence-corrected chi connectivity index (χ3v) is 4.08. The number of halogens is 1. The van der Waals surface area contributed by atoms with Gasteiger partial charge in [0.15, 0.2) is 11.0 Å². The van der Waals surface area contributed by atoms with Crippen molar-refractivity contribution in [2.45, 2.75) is 6.42 Å². The van der Waals surface area contributed by atoms with Crippen molar-refractivity contribution in [3.63, 3.8) is 0 Å². The maximum absolute atomic E-state index is 12.2. The summed E-state index contributed by atoms with van der Waals surface area (Å²) < 4.78 is 11.3. The van der Waals surface area contributed by atoms with Crippen LogP contribution in [0.4, 0.5) is 0 Å². The van der Waals surface area contributed by atoms with Crippen molar-refractivity contribution in [3.8, 4) is 22.8 Å². The Morgan fingerprint density at radius 2 is 2.05 bits per heavy atom. The first kappa shape index (κ1) is 13.2. The fraction of sp³-hybridized carbons (Fsp3) is 0.118. The van der Waals surface area contributed by atoms with Gasteiger partial charge in [0, 0.05) is 18.1 Å². The first-order valence-electron chi connectivity index (χ1n) is 6.85. The molecule has 0 aliphatic carbocycles. The molecule has 0 fully saturated rings. The van der Waals surface area contributed by atoms with Gasteiger partial charge in [-0.15, -0.1) is 0 Å². The van der Waals surface area contributed by atoms with Gasteiger partial charge in [-0.1, -0.05) is 17.7 Å². The van der Waals surface area contributed by atoms with Gasteiger partial charge in [0.1, 0.15) is 17.3 Å². The van der Waals surface area contributed by atoms with Gasteiger partial charge < -0.3 is 14.3 Å². The van der Waals surface area contributed by atoms with Gasteiger partial charge in [-0.2, -0.15) is 0 Å². The molecule has 0 atom stereocenters. The molecular formula is C17H11ClO4. The number of fused-ring (bicyclic) bond motifs is 2. The van der Waals surface area contributed by atoms with Gasteiger partial charge in [-0.05, 0) is 24.3 Å². The van der Waals surface area contributed by atoms with Crippen LogP contribution in [-0.4, -0.2) is 11.7 Å². The van der Waals surface area contributed by atoms with Gasteiger partial charge in [0.25, 0.3) is 0 Å². The Morgan fingerprint density at radius 1 is 1.18 bits per heavy atom. The van der Waals surface area contributed by atoms with E-state index in [4.69, 9.17) is 20.8 Å². The second kappa shape index (κ2) is 4.78. The summed E-state index contributed by atoms with van der Waals surface area (Å²) in [6, 6.07) is 9.70. The Bertz CT molecular complexity index is 959. The van der Waals surface area contributed by atoms with Crippen LogP contribution in [0.25, 0.3) is 22.3 Å². The first-order chi connectivity index (χ1) is 10.6. The van der Waals surface area contributed by atoms with E-state index < -0.39 is 0 Å². The SMILES string of the molecule is O=c1cc(-c2cc3c(cc2O)CCO3)oc2c(Cl)cccc12. The van der Waals surface area contributed by atoms with E-state index in [1.165, 1.54) is 6.07 Å². The topological polar surface area (TPSA) is 59.7 Å². The third kappa shape index (κ3) is 1.96. The highest BCUT2D eigenvalue weighted by molar-refractivity contribution is 6.34. The van der Waals surface area contributed by atoms with Gasteiger partial charge in [-0.25, -0.2) is 0 Å². The summed E-state index contributed by atoms with van der Waals surface area (Å²) in [6.07, 6.45) is 0.761. The quantitative estimate of drug-likeness (QED) is 0.743. The number of phenolic OH excluding ortho intramolecular Hbond substituents is 1. The number of hydrogen-bond acceptors (Lipinski definition) is 4. The number of benzene rings is 2. The number of phenols is 1. The summed E-state index contributed by atoms with van der Waals surface area (Å²) in [5, 5.41) is 11.0. The highest BCUT2D eigenvalue weighted by Gasteiger charge is 2.19. The van der Waals surface area contributed by atoms with Gasteiger partial charge >= 0.3 is 0 Å². The van der Waals surface area contributed by atoms with Crippen LogP contribution in [0, 0.1) is 0 Å². The lowest BCUT2D eigenvalue weighted by Gasteiger charge is -2.08. The minimum absolute atomic E-state index is 0.0544. The van der Waals surface area contributed by atoms with E-state index >= 15 is 0 Å². The number of para-hydroxylation sites is 1. The average molecular weight is 315 g/mol. The summed E-state index contributed by atoms with van der Waals surface area (Å²) in [5.41, 5.74) is 1.47. The van der Waals surface area contributed by atoms with E-state index in [2.05, 4.69) is 0 Å². The zero-order chi connectivity index (χ0) is 15.3. The molecular weight excluding hydrogens is 304 g/mol. The summed E-state index contributed by atoms with van der Waals surface area (Å²) in [7, 11) is 0. The summed E-state index contributed by atoms with van der Waals surface area (Å²) in [6.45, 7) is 0.589. The van der Waals surface area contributed by atoms with E-state index in [9.17, 15) is 9.90 Å². The Morgan fingerprint density at radius 3 is 2.91 bits per heavy atom. The average Bonchev–Trinajstić information content (AvgIpc) is 2.94. The molecule has 1 aliphatic heterocycles. The summed E-state index contributed by atoms with van der Waals surface area (Å²) in [5.74, 6) is 1.02. The molecule has 1 aliphatic rings. The van der Waals surface area contributed by atoms with Crippen LogP contribution in [0.2, 0.25) is 5.02 Å². The molecule has 0 spiro atoms. The second-order valence-electron chi connectivity index (χ2n) is 5.17. The Hall–Kier alpha value is -2.46. The molecule has 2 aromatic carbocycles. The number of rotatable bonds is 1. The fourth-order valence-corrected chi connectivity index (χ4v) is 2.90. The van der Waals surface area contributed by atoms with Crippen LogP contribution in [0.5, 0.6) is 11.5 Å². The van der Waals surface area contributed by atoms with Crippen LogP contribution >= 0.6 is 11.6 Å². The van der Waals surface area contributed by atoms with Gasteiger partial charge in [0.05, 0.1) is 22.6 Å². The van der Waals surface area contributed by atoms with Crippen molar-refractivity contribution in [2.75, 3.05) is 6.61 Å². The highest BCUT2D eigenvalue weighted by Crippen LogP contribution is 2.38. The molecule has 0 unspecified atom stereocenters. The van der Waals surface area contributed by atoms with E-state index in [1.807, 2.05) is 0 Å². The van der Waals surface area contributed by atoms with Crippen molar-refractivity contribution in [2.24, 2.45) is 0 Å².